The Bertz CT molecular complexity index is 634. The molecule has 0 saturated carbocycles. The van der Waals surface area contributed by atoms with E-state index in [1.165, 1.54) is 0 Å². The van der Waals surface area contributed by atoms with E-state index in [-0.39, 0.29) is 5.41 Å². The summed E-state index contributed by atoms with van der Waals surface area (Å²) < 4.78 is 11.6. The zero-order valence-corrected chi connectivity index (χ0v) is 13.9. The summed E-state index contributed by atoms with van der Waals surface area (Å²) in [6.07, 6.45) is 8.96. The van der Waals surface area contributed by atoms with Crippen molar-refractivity contribution in [3.05, 3.63) is 42.6 Å². The van der Waals surface area contributed by atoms with Crippen LogP contribution in [0.3, 0.4) is 0 Å². The number of furan rings is 1. The second-order valence-corrected chi connectivity index (χ2v) is 6.80. The smallest absolute Gasteiger partial charge is 0.222 e. The molecule has 0 aromatic carbocycles. The van der Waals surface area contributed by atoms with Crippen molar-refractivity contribution in [2.75, 3.05) is 31.6 Å². The molecule has 1 N–H and O–H groups in total. The minimum Gasteiger partial charge on any atom is -0.468 e. The van der Waals surface area contributed by atoms with Gasteiger partial charge in [0.2, 0.25) is 5.95 Å². The molecule has 6 heteroatoms. The van der Waals surface area contributed by atoms with Gasteiger partial charge in [0.15, 0.2) is 0 Å². The largest absolute Gasteiger partial charge is 0.468 e. The molecule has 2 atom stereocenters. The van der Waals surface area contributed by atoms with Crippen LogP contribution in [0.15, 0.2) is 41.3 Å². The normalized spacial score (nSPS) is 27.1. The third-order valence-electron chi connectivity index (χ3n) is 5.28. The van der Waals surface area contributed by atoms with E-state index in [1.54, 1.807) is 18.7 Å². The number of nitrogens with zero attached hydrogens (tertiary/aromatic N) is 3. The molecule has 128 valence electrons. The summed E-state index contributed by atoms with van der Waals surface area (Å²) in [6.45, 7) is 4.77. The van der Waals surface area contributed by atoms with Crippen LogP contribution in [0, 0.1) is 5.41 Å². The monoisotopic (exact) mass is 328 g/mol. The van der Waals surface area contributed by atoms with Crippen molar-refractivity contribution in [3.63, 3.8) is 0 Å². The first-order chi connectivity index (χ1) is 11.8. The third-order valence-corrected chi connectivity index (χ3v) is 5.28. The first-order valence-corrected chi connectivity index (χ1v) is 8.71. The zero-order valence-electron chi connectivity index (χ0n) is 13.9. The van der Waals surface area contributed by atoms with Gasteiger partial charge in [-0.3, -0.25) is 4.90 Å². The first kappa shape index (κ1) is 15.6. The molecule has 0 spiro atoms. The lowest BCUT2D eigenvalue weighted by Gasteiger charge is -2.43. The zero-order chi connectivity index (χ0) is 16.2. The molecule has 0 unspecified atom stereocenters. The standard InChI is InChI=1S/C18H24N4O2/c1-3-15(23-11-1)13-22-10-4-16-18(14-22,6-12-24-16)5-9-21-17-19-7-2-8-20-17/h1-3,7-8,11,16H,4-6,9-10,12-14H2,(H,19,20,21)/t16-,18+/m1/s1. The Kier molecular flexibility index (Phi) is 4.49. The highest BCUT2D eigenvalue weighted by molar-refractivity contribution is 5.22. The maximum absolute atomic E-state index is 6.04. The van der Waals surface area contributed by atoms with E-state index in [9.17, 15) is 0 Å². The molecule has 0 radical (unpaired) electrons. The highest BCUT2D eigenvalue weighted by atomic mass is 16.5. The quantitative estimate of drug-likeness (QED) is 0.879. The predicted molar refractivity (Wildman–Crippen MR) is 90.5 cm³/mol. The summed E-state index contributed by atoms with van der Waals surface area (Å²) >= 11 is 0. The Morgan fingerprint density at radius 3 is 3.04 bits per heavy atom. The molecule has 0 amide bonds. The first-order valence-electron chi connectivity index (χ1n) is 8.71. The number of aromatic nitrogens is 2. The van der Waals surface area contributed by atoms with Crippen LogP contribution in [-0.2, 0) is 11.3 Å². The third kappa shape index (κ3) is 3.30. The Morgan fingerprint density at radius 2 is 2.21 bits per heavy atom. The second kappa shape index (κ2) is 6.91. The van der Waals surface area contributed by atoms with Gasteiger partial charge in [-0.2, -0.15) is 0 Å². The van der Waals surface area contributed by atoms with Crippen LogP contribution in [0.1, 0.15) is 25.0 Å². The molecule has 2 aromatic heterocycles. The van der Waals surface area contributed by atoms with E-state index in [2.05, 4.69) is 26.3 Å². The number of piperidine rings is 1. The maximum atomic E-state index is 6.04. The summed E-state index contributed by atoms with van der Waals surface area (Å²) in [7, 11) is 0. The SMILES string of the molecule is c1cnc(NCC[C@@]23CCO[C@@H]2CCN(Cc2ccco2)C3)nc1. The maximum Gasteiger partial charge on any atom is 0.222 e. The number of hydrogen-bond acceptors (Lipinski definition) is 6. The number of anilines is 1. The average Bonchev–Trinajstić information content (AvgIpc) is 3.25. The summed E-state index contributed by atoms with van der Waals surface area (Å²) in [5.41, 5.74) is 0.229. The Labute approximate surface area is 142 Å². The van der Waals surface area contributed by atoms with Gasteiger partial charge in [-0.25, -0.2) is 9.97 Å². The van der Waals surface area contributed by atoms with E-state index < -0.39 is 0 Å². The summed E-state index contributed by atoms with van der Waals surface area (Å²) in [5.74, 6) is 1.74. The highest BCUT2D eigenvalue weighted by Crippen LogP contribution is 2.43. The number of nitrogens with one attached hydrogen (secondary N) is 1. The van der Waals surface area contributed by atoms with Crippen molar-refractivity contribution in [1.29, 1.82) is 0 Å². The van der Waals surface area contributed by atoms with Gasteiger partial charge in [-0.1, -0.05) is 0 Å². The molecule has 2 saturated heterocycles. The lowest BCUT2D eigenvalue weighted by Crippen LogP contribution is -2.49. The number of ether oxygens (including phenoxy) is 1. The van der Waals surface area contributed by atoms with E-state index in [0.717, 1.165) is 57.8 Å². The lowest BCUT2D eigenvalue weighted by molar-refractivity contribution is -0.0244. The summed E-state index contributed by atoms with van der Waals surface area (Å²) in [5, 5.41) is 3.34. The highest BCUT2D eigenvalue weighted by Gasteiger charge is 2.47. The van der Waals surface area contributed by atoms with Crippen molar-refractivity contribution >= 4 is 5.95 Å². The Hall–Kier alpha value is -1.92. The molecular weight excluding hydrogens is 304 g/mol. The van der Waals surface area contributed by atoms with Crippen LogP contribution in [0.2, 0.25) is 0 Å². The molecule has 2 aliphatic rings. The van der Waals surface area contributed by atoms with Crippen molar-refractivity contribution in [1.82, 2.24) is 14.9 Å². The topological polar surface area (TPSA) is 63.4 Å². The Morgan fingerprint density at radius 1 is 1.29 bits per heavy atom. The van der Waals surface area contributed by atoms with E-state index in [1.807, 2.05) is 12.1 Å². The molecule has 2 aromatic rings. The van der Waals surface area contributed by atoms with Gasteiger partial charge in [0.05, 0.1) is 18.9 Å². The summed E-state index contributed by atoms with van der Waals surface area (Å²) in [6, 6.07) is 5.84. The van der Waals surface area contributed by atoms with E-state index >= 15 is 0 Å². The van der Waals surface area contributed by atoms with Crippen LogP contribution >= 0.6 is 0 Å². The van der Waals surface area contributed by atoms with Gasteiger partial charge >= 0.3 is 0 Å². The molecule has 2 aliphatic heterocycles. The number of fused-ring (bicyclic) bond motifs is 1. The molecule has 2 fully saturated rings. The minimum absolute atomic E-state index is 0.229. The second-order valence-electron chi connectivity index (χ2n) is 6.80. The fourth-order valence-electron chi connectivity index (χ4n) is 4.07. The minimum atomic E-state index is 0.229. The van der Waals surface area contributed by atoms with Crippen LogP contribution < -0.4 is 5.32 Å². The molecule has 24 heavy (non-hydrogen) atoms. The summed E-state index contributed by atoms with van der Waals surface area (Å²) in [4.78, 5) is 11.0. The van der Waals surface area contributed by atoms with Crippen LogP contribution in [0.5, 0.6) is 0 Å². The molecule has 4 heterocycles. The lowest BCUT2D eigenvalue weighted by atomic mass is 9.74. The van der Waals surface area contributed by atoms with E-state index in [0.29, 0.717) is 12.1 Å². The van der Waals surface area contributed by atoms with Gasteiger partial charge in [-0.05, 0) is 37.5 Å². The molecule has 0 aliphatic carbocycles. The molecule has 4 rings (SSSR count). The van der Waals surface area contributed by atoms with Crippen molar-refractivity contribution in [2.24, 2.45) is 5.41 Å². The van der Waals surface area contributed by atoms with Crippen molar-refractivity contribution in [2.45, 2.75) is 31.9 Å². The Balaban J connectivity index is 1.38. The predicted octanol–water partition coefficient (Wildman–Crippen LogP) is 2.55. The average molecular weight is 328 g/mol. The molecule has 6 nitrogen and oxygen atoms in total. The van der Waals surface area contributed by atoms with Gasteiger partial charge in [-0.15, -0.1) is 0 Å². The number of rotatable bonds is 6. The van der Waals surface area contributed by atoms with Gasteiger partial charge in [0.1, 0.15) is 5.76 Å². The van der Waals surface area contributed by atoms with Crippen LogP contribution in [-0.4, -0.2) is 47.2 Å². The number of hydrogen-bond donors (Lipinski definition) is 1. The van der Waals surface area contributed by atoms with Gasteiger partial charge in [0.25, 0.3) is 0 Å². The van der Waals surface area contributed by atoms with Crippen LogP contribution in [0.25, 0.3) is 0 Å². The fraction of sp³-hybridized carbons (Fsp3) is 0.556. The molecular formula is C18H24N4O2. The van der Waals surface area contributed by atoms with Crippen molar-refractivity contribution < 1.29 is 9.15 Å². The van der Waals surface area contributed by atoms with Crippen LogP contribution in [0.4, 0.5) is 5.95 Å². The molecule has 0 bridgehead atoms. The number of likely N-dealkylation sites (tertiary alicyclic amines) is 1. The van der Waals surface area contributed by atoms with Crippen molar-refractivity contribution in [3.8, 4) is 0 Å². The van der Waals surface area contributed by atoms with Gasteiger partial charge < -0.3 is 14.5 Å². The fourth-order valence-corrected chi connectivity index (χ4v) is 4.07. The van der Waals surface area contributed by atoms with E-state index in [4.69, 9.17) is 9.15 Å². The van der Waals surface area contributed by atoms with Gasteiger partial charge in [0, 0.05) is 44.0 Å².